The predicted octanol–water partition coefficient (Wildman–Crippen LogP) is 4.26. The summed E-state index contributed by atoms with van der Waals surface area (Å²) < 4.78 is 62.6. The van der Waals surface area contributed by atoms with Gasteiger partial charge in [0.15, 0.2) is 6.10 Å². The largest absolute Gasteiger partial charge is 0.417 e. The molecule has 0 aliphatic carbocycles. The van der Waals surface area contributed by atoms with Gasteiger partial charge in [0.25, 0.3) is 0 Å². The molecular formula is C14H18F4O2. The first-order valence-electron chi connectivity index (χ1n) is 6.37. The maximum Gasteiger partial charge on any atom is 0.417 e. The fourth-order valence-corrected chi connectivity index (χ4v) is 1.83. The lowest BCUT2D eigenvalue weighted by Gasteiger charge is -2.28. The Morgan fingerprint density at radius 2 is 1.85 bits per heavy atom. The molecule has 2 atom stereocenters. The molecule has 0 radical (unpaired) electrons. The molecule has 2 nitrogen and oxygen atoms in total. The summed E-state index contributed by atoms with van der Waals surface area (Å²) in [6.45, 7) is 1.80. The number of unbranched alkanes of at least 4 members (excludes halogenated alkanes) is 1. The summed E-state index contributed by atoms with van der Waals surface area (Å²) in [5, 5.41) is 0. The fraction of sp³-hybridized carbons (Fsp3) is 0.571. The number of halogens is 4. The molecule has 0 fully saturated rings. The lowest BCUT2D eigenvalue weighted by molar-refractivity contribution is -0.252. The number of hydrogen-bond donors (Lipinski definition) is 0. The molecule has 0 saturated carbocycles. The van der Waals surface area contributed by atoms with Crippen molar-refractivity contribution in [1.82, 2.24) is 0 Å². The number of ether oxygens (including phenoxy) is 2. The normalized spacial score (nSPS) is 15.1. The van der Waals surface area contributed by atoms with Gasteiger partial charge in [0.05, 0.1) is 0 Å². The van der Waals surface area contributed by atoms with Crippen LogP contribution in [0.1, 0.15) is 31.4 Å². The van der Waals surface area contributed by atoms with E-state index in [1.807, 2.05) is 6.92 Å². The van der Waals surface area contributed by atoms with Gasteiger partial charge in [-0.25, -0.2) is 4.39 Å². The molecule has 1 aromatic carbocycles. The van der Waals surface area contributed by atoms with Crippen molar-refractivity contribution in [2.24, 2.45) is 0 Å². The SMILES string of the molecule is CCCCO[C@@H]([C@H](OC)c1ccccc1F)C(F)(F)F. The topological polar surface area (TPSA) is 18.5 Å². The first-order valence-corrected chi connectivity index (χ1v) is 6.37. The average Bonchev–Trinajstić information content (AvgIpc) is 2.38. The Kier molecular flexibility index (Phi) is 6.42. The van der Waals surface area contributed by atoms with Gasteiger partial charge in [-0.05, 0) is 12.5 Å². The molecule has 0 heterocycles. The highest BCUT2D eigenvalue weighted by molar-refractivity contribution is 5.21. The quantitative estimate of drug-likeness (QED) is 0.552. The maximum absolute atomic E-state index is 13.7. The van der Waals surface area contributed by atoms with E-state index in [0.717, 1.165) is 13.2 Å². The first kappa shape index (κ1) is 16.9. The Balaban J connectivity index is 2.99. The standard InChI is InChI=1S/C14H18F4O2/c1-3-4-9-20-13(14(16,17)18)12(19-2)10-7-5-6-8-11(10)15/h5-8,12-13H,3-4,9H2,1-2H3/t12-,13+/m1/s1. The van der Waals surface area contributed by atoms with Crippen LogP contribution in [0.5, 0.6) is 0 Å². The molecule has 0 saturated heterocycles. The number of alkyl halides is 3. The molecule has 0 N–H and O–H groups in total. The van der Waals surface area contributed by atoms with Gasteiger partial charge in [-0.1, -0.05) is 31.5 Å². The average molecular weight is 294 g/mol. The van der Waals surface area contributed by atoms with E-state index in [1.165, 1.54) is 18.2 Å². The molecule has 1 rings (SSSR count). The van der Waals surface area contributed by atoms with Gasteiger partial charge in [0, 0.05) is 19.3 Å². The Bertz CT molecular complexity index is 406. The van der Waals surface area contributed by atoms with Crippen molar-refractivity contribution in [3.63, 3.8) is 0 Å². The number of benzene rings is 1. The molecule has 0 aliphatic rings. The molecule has 0 unspecified atom stereocenters. The van der Waals surface area contributed by atoms with E-state index >= 15 is 0 Å². The summed E-state index contributed by atoms with van der Waals surface area (Å²) >= 11 is 0. The van der Waals surface area contributed by atoms with Crippen LogP contribution in [0, 0.1) is 5.82 Å². The van der Waals surface area contributed by atoms with Gasteiger partial charge in [-0.2, -0.15) is 13.2 Å². The molecule has 6 heteroatoms. The minimum absolute atomic E-state index is 0.0466. The van der Waals surface area contributed by atoms with Crippen molar-refractivity contribution in [1.29, 1.82) is 0 Å². The van der Waals surface area contributed by atoms with E-state index in [1.54, 1.807) is 0 Å². The Morgan fingerprint density at radius 1 is 1.20 bits per heavy atom. The van der Waals surface area contributed by atoms with E-state index in [0.29, 0.717) is 12.8 Å². The highest BCUT2D eigenvalue weighted by Gasteiger charge is 2.47. The summed E-state index contributed by atoms with van der Waals surface area (Å²) in [6.07, 6.45) is -7.12. The molecule has 0 bridgehead atoms. The Labute approximate surface area is 115 Å². The summed E-state index contributed by atoms with van der Waals surface area (Å²) in [4.78, 5) is 0. The molecular weight excluding hydrogens is 276 g/mol. The Hall–Kier alpha value is -1.14. The third-order valence-electron chi connectivity index (χ3n) is 2.86. The van der Waals surface area contributed by atoms with Crippen LogP contribution in [-0.2, 0) is 9.47 Å². The summed E-state index contributed by atoms with van der Waals surface area (Å²) in [6, 6.07) is 5.24. The van der Waals surface area contributed by atoms with Gasteiger partial charge in [-0.15, -0.1) is 0 Å². The van der Waals surface area contributed by atoms with Crippen molar-refractivity contribution in [3.05, 3.63) is 35.6 Å². The maximum atomic E-state index is 13.7. The fourth-order valence-electron chi connectivity index (χ4n) is 1.83. The van der Waals surface area contributed by atoms with Gasteiger partial charge in [0.1, 0.15) is 11.9 Å². The predicted molar refractivity (Wildman–Crippen MR) is 66.9 cm³/mol. The third kappa shape index (κ3) is 4.45. The van der Waals surface area contributed by atoms with Crippen LogP contribution in [0.25, 0.3) is 0 Å². The van der Waals surface area contributed by atoms with Gasteiger partial charge in [0.2, 0.25) is 0 Å². The number of hydrogen-bond acceptors (Lipinski definition) is 2. The highest BCUT2D eigenvalue weighted by Crippen LogP contribution is 2.35. The second-order valence-electron chi connectivity index (χ2n) is 4.36. The van der Waals surface area contributed by atoms with E-state index in [2.05, 4.69) is 0 Å². The molecule has 20 heavy (non-hydrogen) atoms. The van der Waals surface area contributed by atoms with E-state index in [9.17, 15) is 17.6 Å². The molecule has 0 spiro atoms. The van der Waals surface area contributed by atoms with Crippen molar-refractivity contribution < 1.29 is 27.0 Å². The molecule has 1 aromatic rings. The Morgan fingerprint density at radius 3 is 2.35 bits per heavy atom. The van der Waals surface area contributed by atoms with Crippen LogP contribution in [-0.4, -0.2) is 26.0 Å². The first-order chi connectivity index (χ1) is 9.41. The van der Waals surface area contributed by atoms with Gasteiger partial charge < -0.3 is 9.47 Å². The van der Waals surface area contributed by atoms with Gasteiger partial charge >= 0.3 is 6.18 Å². The lowest BCUT2D eigenvalue weighted by Crippen LogP contribution is -2.38. The zero-order chi connectivity index (χ0) is 15.2. The van der Waals surface area contributed by atoms with Crippen LogP contribution in [0.4, 0.5) is 17.6 Å². The zero-order valence-corrected chi connectivity index (χ0v) is 11.4. The smallest absolute Gasteiger partial charge is 0.374 e. The van der Waals surface area contributed by atoms with E-state index in [-0.39, 0.29) is 12.2 Å². The summed E-state index contributed by atoms with van der Waals surface area (Å²) in [5.74, 6) is -0.743. The van der Waals surface area contributed by atoms with Crippen molar-refractivity contribution >= 4 is 0 Å². The second-order valence-corrected chi connectivity index (χ2v) is 4.36. The van der Waals surface area contributed by atoms with Crippen LogP contribution in [0.3, 0.4) is 0 Å². The summed E-state index contributed by atoms with van der Waals surface area (Å²) in [7, 11) is 1.11. The second kappa shape index (κ2) is 7.59. The van der Waals surface area contributed by atoms with Crippen LogP contribution in [0.2, 0.25) is 0 Å². The minimum Gasteiger partial charge on any atom is -0.374 e. The van der Waals surface area contributed by atoms with E-state index < -0.39 is 24.2 Å². The molecule has 0 aliphatic heterocycles. The van der Waals surface area contributed by atoms with Crippen molar-refractivity contribution in [2.75, 3.05) is 13.7 Å². The summed E-state index contributed by atoms with van der Waals surface area (Å²) in [5.41, 5.74) is -0.158. The third-order valence-corrected chi connectivity index (χ3v) is 2.86. The highest BCUT2D eigenvalue weighted by atomic mass is 19.4. The molecule has 0 aromatic heterocycles. The van der Waals surface area contributed by atoms with Crippen molar-refractivity contribution in [2.45, 2.75) is 38.1 Å². The zero-order valence-electron chi connectivity index (χ0n) is 11.4. The van der Waals surface area contributed by atoms with Gasteiger partial charge in [-0.3, -0.25) is 0 Å². The monoisotopic (exact) mass is 294 g/mol. The number of methoxy groups -OCH3 is 1. The number of rotatable bonds is 7. The lowest BCUT2D eigenvalue weighted by atomic mass is 10.0. The minimum atomic E-state index is -4.63. The van der Waals surface area contributed by atoms with Crippen molar-refractivity contribution in [3.8, 4) is 0 Å². The van der Waals surface area contributed by atoms with Crippen LogP contribution >= 0.6 is 0 Å². The van der Waals surface area contributed by atoms with E-state index in [4.69, 9.17) is 9.47 Å². The molecule has 0 amide bonds. The van der Waals surface area contributed by atoms with Crippen LogP contribution in [0.15, 0.2) is 24.3 Å². The molecule has 114 valence electrons. The van der Waals surface area contributed by atoms with Crippen LogP contribution < -0.4 is 0 Å².